The minimum Gasteiger partial charge on any atom is -0.747 e. The van der Waals surface area contributed by atoms with Crippen LogP contribution in [0.3, 0.4) is 0 Å². The minimum atomic E-state index is -4.93. The molecule has 0 aliphatic rings. The van der Waals surface area contributed by atoms with Crippen LogP contribution in [0.15, 0.2) is 0 Å². The molecule has 17 heteroatoms. The number of hydrogen-bond donors (Lipinski definition) is 0. The predicted molar refractivity (Wildman–Crippen MR) is 54.3 cm³/mol. The van der Waals surface area contributed by atoms with Crippen LogP contribution in [-0.2, 0) is 40.5 Å². The van der Waals surface area contributed by atoms with Gasteiger partial charge in [0.15, 0.2) is 0 Å². The van der Waals surface area contributed by atoms with Crippen LogP contribution in [0.1, 0.15) is 0 Å². The first-order chi connectivity index (χ1) is 7.41. The van der Waals surface area contributed by atoms with E-state index in [1.807, 2.05) is 0 Å². The molecule has 0 saturated heterocycles. The van der Waals surface area contributed by atoms with Gasteiger partial charge in [-0.05, 0) is 0 Å². The monoisotopic (exact) mass is 556 g/mol. The molecule has 0 fully saturated rings. The van der Waals surface area contributed by atoms with Gasteiger partial charge in [-0.3, -0.25) is 0 Å². The van der Waals surface area contributed by atoms with E-state index >= 15 is 0 Å². The maximum atomic E-state index is 9.51. The summed E-state index contributed by atoms with van der Waals surface area (Å²) in [4.78, 5) is 0. The van der Waals surface area contributed by atoms with Crippen LogP contribution in [0.25, 0.3) is 0 Å². The Balaban J connectivity index is -0.000000256. The molecule has 0 aliphatic heterocycles. The molecule has 0 aromatic rings. The number of rotatable bonds is 4. The Morgan fingerprint density at radius 2 is 0.579 bits per heavy atom. The molecule has 0 unspecified atom stereocenters. The zero-order valence-corrected chi connectivity index (χ0v) is 15.6. The van der Waals surface area contributed by atoms with Crippen molar-refractivity contribution in [2.75, 3.05) is 10.2 Å². The van der Waals surface area contributed by atoms with Gasteiger partial charge < -0.3 is 18.2 Å². The maximum Gasteiger partial charge on any atom is 0.128 e. The van der Waals surface area contributed by atoms with E-state index in [0.29, 0.717) is 0 Å². The molecule has 0 rings (SSSR count). The molecule has 0 atom stereocenters. The Morgan fingerprint density at radius 1 is 0.474 bits per heavy atom. The molecule has 12 nitrogen and oxygen atoms in total. The van der Waals surface area contributed by atoms with Gasteiger partial charge >= 0.3 is 0 Å². The van der Waals surface area contributed by atoms with Crippen molar-refractivity contribution in [1.82, 2.24) is 0 Å². The summed E-state index contributed by atoms with van der Waals surface area (Å²) >= 11 is 0. The van der Waals surface area contributed by atoms with Crippen LogP contribution in [0.4, 0.5) is 0 Å². The van der Waals surface area contributed by atoms with E-state index in [2.05, 4.69) is 0 Å². The summed E-state index contributed by atoms with van der Waals surface area (Å²) in [7, 11) is -19.7. The third-order valence-electron chi connectivity index (χ3n) is 0.577. The van der Waals surface area contributed by atoms with E-state index in [1.54, 1.807) is 0 Å². The van der Waals surface area contributed by atoms with E-state index in [0.717, 1.165) is 0 Å². The summed E-state index contributed by atoms with van der Waals surface area (Å²) in [5.74, 6) is 0. The normalized spacial score (nSPS) is 12.8. The molecule has 0 heterocycles. The fraction of sp³-hybridized carbons (Fsp3) is 1.00. The molecular formula is C2H4O12PbS4-4. The summed E-state index contributed by atoms with van der Waals surface area (Å²) in [6.07, 6.45) is 0. The summed E-state index contributed by atoms with van der Waals surface area (Å²) in [5, 5.41) is -3.75. The molecule has 0 bridgehead atoms. The van der Waals surface area contributed by atoms with Crippen molar-refractivity contribution in [3.63, 3.8) is 0 Å². The molecule has 0 aromatic heterocycles. The Bertz CT molecular complexity index is 540. The van der Waals surface area contributed by atoms with Crippen LogP contribution in [0.5, 0.6) is 0 Å². The second-order valence-electron chi connectivity index (χ2n) is 2.47. The first-order valence-corrected chi connectivity index (χ1v) is 9.46. The van der Waals surface area contributed by atoms with Gasteiger partial charge in [-0.25, -0.2) is 33.7 Å². The van der Waals surface area contributed by atoms with Crippen molar-refractivity contribution in [3.05, 3.63) is 0 Å². The Morgan fingerprint density at radius 3 is 0.579 bits per heavy atom. The molecule has 0 aromatic carbocycles. The van der Waals surface area contributed by atoms with Crippen molar-refractivity contribution in [3.8, 4) is 0 Å². The third kappa shape index (κ3) is 32.3. The fourth-order valence-electron chi connectivity index (χ4n) is 0.354. The van der Waals surface area contributed by atoms with Crippen LogP contribution in [0, 0.1) is 0 Å². The van der Waals surface area contributed by atoms with E-state index in [4.69, 9.17) is 0 Å². The van der Waals surface area contributed by atoms with E-state index in [9.17, 15) is 51.9 Å². The van der Waals surface area contributed by atoms with Gasteiger partial charge in [-0.1, -0.05) is 0 Å². The van der Waals surface area contributed by atoms with Gasteiger partial charge in [0.05, 0.1) is 0 Å². The summed E-state index contributed by atoms with van der Waals surface area (Å²) in [5.41, 5.74) is 0. The molecule has 0 spiro atoms. The van der Waals surface area contributed by atoms with E-state index in [1.165, 1.54) is 0 Å². The minimum absolute atomic E-state index is 0. The first kappa shape index (κ1) is 24.6. The average Bonchev–Trinajstić information content (AvgIpc) is 1.64. The van der Waals surface area contributed by atoms with Gasteiger partial charge in [0.25, 0.3) is 0 Å². The van der Waals surface area contributed by atoms with Crippen LogP contribution in [-0.4, -0.2) is 89.4 Å². The Kier molecular flexibility index (Phi) is 10.5. The molecule has 116 valence electrons. The largest absolute Gasteiger partial charge is 0.747 e. The smallest absolute Gasteiger partial charge is 0.128 e. The van der Waals surface area contributed by atoms with Crippen molar-refractivity contribution in [1.29, 1.82) is 0 Å². The van der Waals surface area contributed by atoms with E-state index < -0.39 is 50.6 Å². The van der Waals surface area contributed by atoms with Gasteiger partial charge in [0.2, 0.25) is 0 Å². The van der Waals surface area contributed by atoms with Gasteiger partial charge in [0, 0.05) is 27.3 Å². The molecule has 4 radical (unpaired) electrons. The summed E-state index contributed by atoms with van der Waals surface area (Å²) in [6, 6.07) is 0. The van der Waals surface area contributed by atoms with Crippen LogP contribution >= 0.6 is 0 Å². The second kappa shape index (κ2) is 8.11. The molecule has 0 N–H and O–H groups in total. The summed E-state index contributed by atoms with van der Waals surface area (Å²) in [6.45, 7) is 0. The van der Waals surface area contributed by atoms with Crippen molar-refractivity contribution >= 4 is 67.8 Å². The summed E-state index contributed by atoms with van der Waals surface area (Å²) < 4.78 is 114. The zero-order chi connectivity index (χ0) is 15.4. The zero-order valence-electron chi connectivity index (χ0n) is 8.45. The molecule has 19 heavy (non-hydrogen) atoms. The SMILES string of the molecule is O=S(=O)([O-])CS(=O)(=O)[O-].O=S(=O)([O-])CS(=O)(=O)[O-].[Pb]. The van der Waals surface area contributed by atoms with Gasteiger partial charge in [-0.2, -0.15) is 0 Å². The predicted octanol–water partition coefficient (Wildman–Crippen LogP) is -4.31. The quantitative estimate of drug-likeness (QED) is 0.237. The first-order valence-electron chi connectivity index (χ1n) is 3.15. The van der Waals surface area contributed by atoms with Crippen molar-refractivity contribution < 1.29 is 51.9 Å². The Labute approximate surface area is 129 Å². The molecule has 0 aliphatic carbocycles. The molecule has 0 amide bonds. The standard InChI is InChI=1S/2CH4O6S2.Pb/c2*2-8(3,4)1-9(5,6)7;/h2*1H2,(H,2,3,4)(H,5,6,7);/p-4. The van der Waals surface area contributed by atoms with Crippen LogP contribution < -0.4 is 0 Å². The molecular weight excluding hydrogens is 551 g/mol. The van der Waals surface area contributed by atoms with Crippen LogP contribution in [0.2, 0.25) is 0 Å². The van der Waals surface area contributed by atoms with Gasteiger partial charge in [-0.15, -0.1) is 0 Å². The van der Waals surface area contributed by atoms with E-state index in [-0.39, 0.29) is 27.3 Å². The maximum absolute atomic E-state index is 9.51. The second-order valence-corrected chi connectivity index (χ2v) is 8.81. The van der Waals surface area contributed by atoms with Gasteiger partial charge in [0.1, 0.15) is 50.6 Å². The van der Waals surface area contributed by atoms with Crippen molar-refractivity contribution in [2.45, 2.75) is 0 Å². The average molecular weight is 556 g/mol. The Hall–Kier alpha value is 0.562. The van der Waals surface area contributed by atoms with Crippen molar-refractivity contribution in [2.24, 2.45) is 0 Å². The molecule has 0 saturated carbocycles. The fourth-order valence-corrected chi connectivity index (χ4v) is 3.18. The topological polar surface area (TPSA) is 229 Å². The number of hydrogen-bond acceptors (Lipinski definition) is 12. The third-order valence-corrected chi connectivity index (χ3v) is 5.20.